The first-order valence-electron chi connectivity index (χ1n) is 13.5. The molecule has 11 heteroatoms. The van der Waals surface area contributed by atoms with Crippen LogP contribution in [-0.2, 0) is 12.1 Å². The van der Waals surface area contributed by atoms with Crippen molar-refractivity contribution in [3.05, 3.63) is 111 Å². The van der Waals surface area contributed by atoms with Crippen LogP contribution in [-0.4, -0.2) is 53.9 Å². The highest BCUT2D eigenvalue weighted by Gasteiger charge is 2.41. The van der Waals surface area contributed by atoms with E-state index >= 15 is 0 Å². The first-order valence-corrected chi connectivity index (χ1v) is 15.3. The van der Waals surface area contributed by atoms with E-state index in [9.17, 15) is 5.11 Å². The lowest BCUT2D eigenvalue weighted by molar-refractivity contribution is 0.0930. The molecule has 0 fully saturated rings. The van der Waals surface area contributed by atoms with Crippen molar-refractivity contribution in [1.82, 2.24) is 26.6 Å². The highest BCUT2D eigenvalue weighted by atomic mass is 35.5. The predicted molar refractivity (Wildman–Crippen MR) is 168 cm³/mol. The van der Waals surface area contributed by atoms with Gasteiger partial charge >= 0.3 is 0 Å². The average Bonchev–Trinajstić information content (AvgIpc) is 3.65. The Hall–Kier alpha value is -3.54. The number of likely N-dealkylation sites (N-methyl/N-ethyl adjacent to an activating group) is 1. The number of hydrazine groups is 2. The number of aliphatic hydroxyl groups is 1. The van der Waals surface area contributed by atoms with E-state index in [1.807, 2.05) is 84.5 Å². The van der Waals surface area contributed by atoms with Crippen LogP contribution in [0.15, 0.2) is 88.7 Å². The maximum atomic E-state index is 12.7. The third kappa shape index (κ3) is 5.29. The van der Waals surface area contributed by atoms with E-state index in [0.29, 0.717) is 17.7 Å². The fourth-order valence-electron chi connectivity index (χ4n) is 5.39. The summed E-state index contributed by atoms with van der Waals surface area (Å²) in [6.45, 7) is 2.38. The topological polar surface area (TPSA) is 99.5 Å². The van der Waals surface area contributed by atoms with Gasteiger partial charge in [0.25, 0.3) is 5.96 Å². The number of aliphatic imine (C=N–C) groups is 1. The third-order valence-corrected chi connectivity index (χ3v) is 8.42. The highest BCUT2D eigenvalue weighted by Crippen LogP contribution is 2.41. The first kappa shape index (κ1) is 27.6. The molecule has 41 heavy (non-hydrogen) atoms. The van der Waals surface area contributed by atoms with Crippen molar-refractivity contribution in [3.63, 3.8) is 0 Å². The summed E-state index contributed by atoms with van der Waals surface area (Å²) in [7, 11) is 1.98. The second kappa shape index (κ2) is 11.8. The second-order valence-electron chi connectivity index (χ2n) is 10.2. The van der Waals surface area contributed by atoms with Crippen molar-refractivity contribution in [2.24, 2.45) is 10.1 Å². The molecule has 212 valence electrons. The fourth-order valence-corrected chi connectivity index (χ4v) is 6.01. The molecule has 0 aliphatic carbocycles. The van der Waals surface area contributed by atoms with Gasteiger partial charge < -0.3 is 20.6 Å². The van der Waals surface area contributed by atoms with E-state index in [1.54, 1.807) is 5.01 Å². The van der Waals surface area contributed by atoms with Crippen LogP contribution < -0.4 is 26.7 Å². The minimum absolute atomic E-state index is 0.496. The maximum Gasteiger partial charge on any atom is 0.265 e. The molecule has 3 aromatic carbocycles. The summed E-state index contributed by atoms with van der Waals surface area (Å²) >= 11 is 8.23. The van der Waals surface area contributed by atoms with Gasteiger partial charge in [-0.3, -0.25) is 0 Å². The largest absolute Gasteiger partial charge is 0.374 e. The van der Waals surface area contributed by atoms with E-state index in [0.717, 1.165) is 64.6 Å². The molecule has 1 atom stereocenters. The third-order valence-electron chi connectivity index (χ3n) is 7.49. The van der Waals surface area contributed by atoms with Gasteiger partial charge in [0.2, 0.25) is 0 Å². The number of benzene rings is 3. The predicted octanol–water partition coefficient (Wildman–Crippen LogP) is 3.70. The molecule has 9 nitrogen and oxygen atoms in total. The van der Waals surface area contributed by atoms with Gasteiger partial charge in [-0.2, -0.15) is 11.8 Å². The fraction of sp³-hybridized carbons (Fsp3) is 0.267. The quantitative estimate of drug-likeness (QED) is 0.229. The smallest absolute Gasteiger partial charge is 0.265 e. The number of nitrogens with one attached hydrogen (secondary N) is 4. The standard InChI is InChI=1S/C30H33ClN8OS/c1-38-19-33-18-27(38)30(40,22-9-7-20(8-10-22)17-32-13-4-14-41-2)23-11-12-26-25(16-23)28(21-5-3-6-24(31)15-21)34-29-35-36-37-39(26)29/h3,5-12,15-16,18,32-33,36-37,40H,4,13-14,17,19H2,1-2H3. The van der Waals surface area contributed by atoms with E-state index in [4.69, 9.17) is 16.6 Å². The molecule has 3 aliphatic heterocycles. The Bertz CT molecular complexity index is 1530. The van der Waals surface area contributed by atoms with Gasteiger partial charge in [-0.15, -0.1) is 10.6 Å². The van der Waals surface area contributed by atoms with Crippen molar-refractivity contribution in [1.29, 1.82) is 0 Å². The molecule has 6 rings (SSSR count). The van der Waals surface area contributed by atoms with Crippen LogP contribution in [0.5, 0.6) is 0 Å². The Kier molecular flexibility index (Phi) is 7.92. The molecule has 3 heterocycles. The lowest BCUT2D eigenvalue weighted by Crippen LogP contribution is -2.44. The Morgan fingerprint density at radius 2 is 1.93 bits per heavy atom. The molecule has 5 N–H and O–H groups in total. The van der Waals surface area contributed by atoms with Crippen LogP contribution in [0.25, 0.3) is 0 Å². The molecule has 3 aromatic rings. The van der Waals surface area contributed by atoms with Crippen LogP contribution in [0.2, 0.25) is 5.02 Å². The Morgan fingerprint density at radius 3 is 2.68 bits per heavy atom. The highest BCUT2D eigenvalue weighted by molar-refractivity contribution is 7.98. The van der Waals surface area contributed by atoms with Gasteiger partial charge in [-0.05, 0) is 65.9 Å². The van der Waals surface area contributed by atoms with Gasteiger partial charge in [0.05, 0.1) is 23.8 Å². The molecule has 0 aromatic heterocycles. The van der Waals surface area contributed by atoms with Gasteiger partial charge in [0.1, 0.15) is 0 Å². The van der Waals surface area contributed by atoms with Crippen molar-refractivity contribution < 1.29 is 5.11 Å². The van der Waals surface area contributed by atoms with E-state index < -0.39 is 5.60 Å². The number of hydrogen-bond donors (Lipinski definition) is 5. The van der Waals surface area contributed by atoms with Crippen LogP contribution >= 0.6 is 23.4 Å². The van der Waals surface area contributed by atoms with Crippen LogP contribution in [0.3, 0.4) is 0 Å². The van der Waals surface area contributed by atoms with E-state index in [-0.39, 0.29) is 0 Å². The minimum atomic E-state index is -1.41. The Balaban J connectivity index is 1.41. The van der Waals surface area contributed by atoms with E-state index in [1.165, 1.54) is 5.56 Å². The van der Waals surface area contributed by atoms with Gasteiger partial charge in [-0.1, -0.05) is 54.1 Å². The number of anilines is 1. The molecule has 3 aliphatic rings. The van der Waals surface area contributed by atoms with Crippen LogP contribution in [0.1, 0.15) is 34.2 Å². The number of halogens is 1. The van der Waals surface area contributed by atoms with Gasteiger partial charge in [-0.25, -0.2) is 15.5 Å². The zero-order chi connectivity index (χ0) is 28.4. The summed E-state index contributed by atoms with van der Waals surface area (Å²) in [6, 6.07) is 21.8. The lowest BCUT2D eigenvalue weighted by atomic mass is 9.81. The number of thioether (sulfide) groups is 1. The number of fused-ring (bicyclic) bond motifs is 3. The number of guanidine groups is 1. The number of nitrogens with zero attached hydrogens (tertiary/aromatic N) is 4. The second-order valence-corrected chi connectivity index (χ2v) is 11.6. The summed E-state index contributed by atoms with van der Waals surface area (Å²) in [5.74, 6) is 1.65. The average molecular weight is 589 g/mol. The van der Waals surface area contributed by atoms with Crippen LogP contribution in [0.4, 0.5) is 5.69 Å². The minimum Gasteiger partial charge on any atom is -0.374 e. The van der Waals surface area contributed by atoms with Gasteiger partial charge in [0.15, 0.2) is 5.60 Å². The lowest BCUT2D eigenvalue weighted by Gasteiger charge is -2.35. The summed E-state index contributed by atoms with van der Waals surface area (Å²) in [5, 5.41) is 26.1. The van der Waals surface area contributed by atoms with E-state index in [2.05, 4.69) is 45.2 Å². The molecule has 0 bridgehead atoms. The molecule has 0 amide bonds. The summed E-state index contributed by atoms with van der Waals surface area (Å²) in [4.78, 5) is 6.88. The molecular formula is C30H33ClN8OS. The number of rotatable bonds is 10. The molecule has 0 radical (unpaired) electrons. The molecule has 0 saturated heterocycles. The summed E-state index contributed by atoms with van der Waals surface area (Å²) in [5.41, 5.74) is 11.1. The van der Waals surface area contributed by atoms with Gasteiger partial charge in [0, 0.05) is 35.9 Å². The van der Waals surface area contributed by atoms with Crippen molar-refractivity contribution in [3.8, 4) is 0 Å². The van der Waals surface area contributed by atoms with Crippen LogP contribution in [0, 0.1) is 0 Å². The Labute approximate surface area is 249 Å². The van der Waals surface area contributed by atoms with Crippen molar-refractivity contribution in [2.75, 3.05) is 37.3 Å². The summed E-state index contributed by atoms with van der Waals surface area (Å²) in [6.07, 6.45) is 5.16. The zero-order valence-electron chi connectivity index (χ0n) is 23.0. The monoisotopic (exact) mass is 588 g/mol. The SMILES string of the molecule is CSCCCNCc1ccc(C(O)(C2=CNCN2C)c2ccc3c(c2)C(c2cccc(Cl)c2)=NC2=NNNN23)cc1. The number of hydrogen-bond acceptors (Lipinski definition) is 10. The van der Waals surface area contributed by atoms with Crippen molar-refractivity contribution >= 4 is 40.7 Å². The Morgan fingerprint density at radius 1 is 1.10 bits per heavy atom. The first-order chi connectivity index (χ1) is 20.0. The number of hydrazone groups is 1. The molecule has 0 saturated carbocycles. The molecule has 1 unspecified atom stereocenters. The normalized spacial score (nSPS) is 17.1. The molecular weight excluding hydrogens is 556 g/mol. The maximum absolute atomic E-state index is 12.7. The molecule has 0 spiro atoms. The zero-order valence-corrected chi connectivity index (χ0v) is 24.6. The summed E-state index contributed by atoms with van der Waals surface area (Å²) < 4.78 is 0. The van der Waals surface area contributed by atoms with Crippen molar-refractivity contribution in [2.45, 2.75) is 18.6 Å².